The van der Waals surface area contributed by atoms with Gasteiger partial charge in [-0.3, -0.25) is 4.79 Å². The van der Waals surface area contributed by atoms with Gasteiger partial charge in [-0.2, -0.15) is 14.1 Å². The van der Waals surface area contributed by atoms with Gasteiger partial charge in [-0.1, -0.05) is 36.7 Å². The number of ether oxygens (including phenoxy) is 1. The van der Waals surface area contributed by atoms with Crippen LogP contribution in [0.15, 0.2) is 59.5 Å². The highest BCUT2D eigenvalue weighted by molar-refractivity contribution is 7.88. The van der Waals surface area contributed by atoms with Crippen LogP contribution in [0.4, 0.5) is 11.4 Å². The van der Waals surface area contributed by atoms with Crippen LogP contribution in [0.1, 0.15) is 25.3 Å². The Morgan fingerprint density at radius 1 is 1.10 bits per heavy atom. The van der Waals surface area contributed by atoms with E-state index < -0.39 is 10.0 Å². The first-order valence-electron chi connectivity index (χ1n) is 13.7. The lowest BCUT2D eigenvalue weighted by molar-refractivity contribution is 0.242. The minimum atomic E-state index is -3.57. The minimum absolute atomic E-state index is 0.0146. The van der Waals surface area contributed by atoms with Gasteiger partial charge in [0.1, 0.15) is 5.69 Å². The van der Waals surface area contributed by atoms with Gasteiger partial charge >= 0.3 is 5.56 Å². The molecule has 3 aromatic rings. The highest BCUT2D eigenvalue weighted by atomic mass is 35.5. The molecule has 1 saturated carbocycles. The third kappa shape index (κ3) is 6.86. The van der Waals surface area contributed by atoms with Crippen LogP contribution in [0.5, 0.6) is 5.75 Å². The Morgan fingerprint density at radius 2 is 1.83 bits per heavy atom. The van der Waals surface area contributed by atoms with Crippen molar-refractivity contribution >= 4 is 33.0 Å². The number of hydrogen-bond donors (Lipinski definition) is 1. The maximum atomic E-state index is 13.6. The van der Waals surface area contributed by atoms with Crippen LogP contribution in [0.25, 0.3) is 5.69 Å². The summed E-state index contributed by atoms with van der Waals surface area (Å²) in [7, 11) is -1.71. The molecule has 0 radical (unpaired) electrons. The van der Waals surface area contributed by atoms with Gasteiger partial charge < -0.3 is 19.6 Å². The number of anilines is 2. The smallest absolute Gasteiger partial charge is 0.316 e. The lowest BCUT2D eigenvalue weighted by Crippen LogP contribution is -2.49. The number of rotatable bonds is 11. The number of aromatic nitrogens is 2. The SMILES string of the molecule is CN(CCO)c1cccc(CS(=O)(=O)N2CCN(c3cnn(-c4cccc(Cl)c4)c(=O)c3OCC3(C)CC3)CC2)c1. The van der Waals surface area contributed by atoms with E-state index in [0.29, 0.717) is 48.2 Å². The van der Waals surface area contributed by atoms with Gasteiger partial charge in [0.25, 0.3) is 0 Å². The fourth-order valence-corrected chi connectivity index (χ4v) is 6.55. The standard InChI is InChI=1S/C29H36ClN5O5S/c1-29(9-10-29)21-40-27-26(19-31-35(28(27)37)25-8-4-6-23(30)18-25)33-11-13-34(14-12-33)41(38,39)20-22-5-3-7-24(17-22)32(2)15-16-36/h3-8,17-19,36H,9-16,20-21H2,1-2H3. The van der Waals surface area contributed by atoms with Crippen molar-refractivity contribution in [3.05, 3.63) is 75.7 Å². The molecule has 2 fully saturated rings. The molecule has 0 amide bonds. The molecule has 0 bridgehead atoms. The summed E-state index contributed by atoms with van der Waals surface area (Å²) in [4.78, 5) is 17.5. The summed E-state index contributed by atoms with van der Waals surface area (Å²) in [5.41, 5.74) is 2.32. The van der Waals surface area contributed by atoms with Crippen LogP contribution in [0.2, 0.25) is 5.02 Å². The molecule has 1 aliphatic heterocycles. The molecule has 1 N–H and O–H groups in total. The summed E-state index contributed by atoms with van der Waals surface area (Å²) in [6, 6.07) is 14.3. The molecule has 2 aromatic carbocycles. The number of piperazine rings is 1. The molecule has 41 heavy (non-hydrogen) atoms. The first-order chi connectivity index (χ1) is 19.6. The summed E-state index contributed by atoms with van der Waals surface area (Å²) in [6.07, 6.45) is 3.71. The van der Waals surface area contributed by atoms with Crippen molar-refractivity contribution in [3.63, 3.8) is 0 Å². The zero-order valence-corrected chi connectivity index (χ0v) is 24.9. The van der Waals surface area contributed by atoms with E-state index in [2.05, 4.69) is 12.0 Å². The van der Waals surface area contributed by atoms with Crippen molar-refractivity contribution in [2.45, 2.75) is 25.5 Å². The Bertz CT molecular complexity index is 1550. The second-order valence-corrected chi connectivity index (χ2v) is 13.5. The lowest BCUT2D eigenvalue weighted by atomic mass is 10.2. The zero-order chi connectivity index (χ0) is 29.2. The Kier molecular flexibility index (Phi) is 8.60. The average molecular weight is 602 g/mol. The Labute approximate surface area is 245 Å². The topological polar surface area (TPSA) is 108 Å². The number of benzene rings is 2. The monoisotopic (exact) mass is 601 g/mol. The van der Waals surface area contributed by atoms with E-state index >= 15 is 0 Å². The molecule has 1 saturated heterocycles. The maximum absolute atomic E-state index is 13.6. The summed E-state index contributed by atoms with van der Waals surface area (Å²) in [6.45, 7) is 4.39. The van der Waals surface area contributed by atoms with E-state index in [1.807, 2.05) is 35.0 Å². The molecule has 12 heteroatoms. The van der Waals surface area contributed by atoms with E-state index in [-0.39, 0.29) is 42.2 Å². The van der Waals surface area contributed by atoms with E-state index in [4.69, 9.17) is 16.3 Å². The number of likely N-dealkylation sites (N-methyl/N-ethyl adjacent to an activating group) is 1. The Morgan fingerprint density at radius 3 is 2.51 bits per heavy atom. The minimum Gasteiger partial charge on any atom is -0.486 e. The Hall–Kier alpha value is -3.12. The number of halogens is 1. The second-order valence-electron chi connectivity index (χ2n) is 11.1. The predicted molar refractivity (Wildman–Crippen MR) is 161 cm³/mol. The van der Waals surface area contributed by atoms with Crippen molar-refractivity contribution in [2.75, 3.05) is 62.8 Å². The van der Waals surface area contributed by atoms with Gasteiger partial charge in [0.05, 0.1) is 30.9 Å². The predicted octanol–water partition coefficient (Wildman–Crippen LogP) is 3.15. The zero-order valence-electron chi connectivity index (χ0n) is 23.4. The van der Waals surface area contributed by atoms with E-state index in [0.717, 1.165) is 18.5 Å². The normalized spacial score (nSPS) is 16.9. The van der Waals surface area contributed by atoms with Gasteiger partial charge in [-0.05, 0) is 48.7 Å². The van der Waals surface area contributed by atoms with Gasteiger partial charge in [-0.15, -0.1) is 0 Å². The molecule has 0 spiro atoms. The van der Waals surface area contributed by atoms with Gasteiger partial charge in [-0.25, -0.2) is 8.42 Å². The van der Waals surface area contributed by atoms with Gasteiger partial charge in [0, 0.05) is 55.9 Å². The van der Waals surface area contributed by atoms with Crippen LogP contribution in [-0.2, 0) is 15.8 Å². The molecule has 2 aliphatic rings. The first kappa shape index (κ1) is 29.4. The van der Waals surface area contributed by atoms with Crippen molar-refractivity contribution in [2.24, 2.45) is 5.41 Å². The maximum Gasteiger partial charge on any atom is 0.316 e. The number of hydrogen-bond acceptors (Lipinski definition) is 8. The molecular weight excluding hydrogens is 566 g/mol. The summed E-state index contributed by atoms with van der Waals surface area (Å²) in [5, 5.41) is 14.1. The molecule has 1 aliphatic carbocycles. The summed E-state index contributed by atoms with van der Waals surface area (Å²) < 4.78 is 35.6. The van der Waals surface area contributed by atoms with Crippen molar-refractivity contribution in [1.82, 2.24) is 14.1 Å². The molecule has 1 aromatic heterocycles. The molecule has 10 nitrogen and oxygen atoms in total. The molecule has 5 rings (SSSR count). The van der Waals surface area contributed by atoms with Crippen LogP contribution < -0.4 is 20.1 Å². The number of sulfonamides is 1. The van der Waals surface area contributed by atoms with Crippen LogP contribution in [0.3, 0.4) is 0 Å². The van der Waals surface area contributed by atoms with E-state index in [1.54, 1.807) is 36.5 Å². The van der Waals surface area contributed by atoms with Crippen LogP contribution in [-0.4, -0.2) is 80.6 Å². The molecule has 220 valence electrons. The van der Waals surface area contributed by atoms with Gasteiger partial charge in [0.15, 0.2) is 0 Å². The molecule has 0 unspecified atom stereocenters. The number of aliphatic hydroxyl groups is 1. The van der Waals surface area contributed by atoms with Crippen molar-refractivity contribution in [3.8, 4) is 11.4 Å². The molecule has 2 heterocycles. The second kappa shape index (κ2) is 12.0. The molecule has 0 atom stereocenters. The largest absolute Gasteiger partial charge is 0.486 e. The van der Waals surface area contributed by atoms with Crippen LogP contribution in [0, 0.1) is 5.41 Å². The first-order valence-corrected chi connectivity index (χ1v) is 15.7. The Balaban J connectivity index is 1.32. The quantitative estimate of drug-likeness (QED) is 0.357. The summed E-state index contributed by atoms with van der Waals surface area (Å²) in [5.74, 6) is 0.103. The van der Waals surface area contributed by atoms with Crippen LogP contribution >= 0.6 is 11.6 Å². The fourth-order valence-electron chi connectivity index (χ4n) is 4.86. The van der Waals surface area contributed by atoms with E-state index in [1.165, 1.54) is 8.99 Å². The lowest BCUT2D eigenvalue weighted by Gasteiger charge is -2.35. The fraction of sp³-hybridized carbons (Fsp3) is 0.448. The molecular formula is C29H36ClN5O5S. The number of nitrogens with zero attached hydrogens (tertiary/aromatic N) is 5. The average Bonchev–Trinajstić information content (AvgIpc) is 3.69. The van der Waals surface area contributed by atoms with Crippen molar-refractivity contribution in [1.29, 1.82) is 0 Å². The highest BCUT2D eigenvalue weighted by Gasteiger charge is 2.39. The van der Waals surface area contributed by atoms with Gasteiger partial charge in [0.2, 0.25) is 15.8 Å². The van der Waals surface area contributed by atoms with E-state index in [9.17, 15) is 18.3 Å². The third-order valence-corrected chi connectivity index (χ3v) is 9.83. The van der Waals surface area contributed by atoms with Crippen molar-refractivity contribution < 1.29 is 18.3 Å². The number of aliphatic hydroxyl groups excluding tert-OH is 1. The summed E-state index contributed by atoms with van der Waals surface area (Å²) >= 11 is 6.16. The third-order valence-electron chi connectivity index (χ3n) is 7.74. The highest BCUT2D eigenvalue weighted by Crippen LogP contribution is 2.45.